The number of nitrogens with one attached hydrogen (secondary N) is 1. The van der Waals surface area contributed by atoms with Crippen LogP contribution in [0.5, 0.6) is 5.75 Å². The van der Waals surface area contributed by atoms with Gasteiger partial charge in [0, 0.05) is 33.0 Å². The number of carbonyl (C=O) groups excluding carboxylic acids is 1. The van der Waals surface area contributed by atoms with Gasteiger partial charge in [-0.3, -0.25) is 29.3 Å². The van der Waals surface area contributed by atoms with Crippen molar-refractivity contribution in [2.24, 2.45) is 0 Å². The average Bonchev–Trinajstić information content (AvgIpc) is 3.28. The van der Waals surface area contributed by atoms with Gasteiger partial charge in [0.1, 0.15) is 24.5 Å². The standard InChI is InChI=1S/C27H25N3O10S/c1-12(2)39-26(34)15-8-19-21(23(32)14-6-4-5-7-18(14)41-19)24(22(15)30(36)37)38-11-17-16(31)9-20(40-17)29-10-13(3)25(33)28-27(29)35/h4-8,10,12,16-17,20,31H,9,11H2,1-3H3,(H,28,33,35)/t16?,17-,20-/m1/s1. The Morgan fingerprint density at radius 1 is 1.27 bits per heavy atom. The summed E-state index contributed by atoms with van der Waals surface area (Å²) < 4.78 is 18.9. The van der Waals surface area contributed by atoms with Crippen molar-refractivity contribution in [3.8, 4) is 5.75 Å². The second-order valence-electron chi connectivity index (χ2n) is 9.84. The number of aliphatic hydroxyl groups is 1. The van der Waals surface area contributed by atoms with Crippen molar-refractivity contribution in [2.75, 3.05) is 6.61 Å². The Balaban J connectivity index is 1.59. The second-order valence-corrected chi connectivity index (χ2v) is 10.9. The minimum atomic E-state index is -1.16. The van der Waals surface area contributed by atoms with E-state index in [2.05, 4.69) is 4.98 Å². The van der Waals surface area contributed by atoms with Gasteiger partial charge in [0.15, 0.2) is 5.43 Å². The molecule has 41 heavy (non-hydrogen) atoms. The molecule has 0 aliphatic carbocycles. The summed E-state index contributed by atoms with van der Waals surface area (Å²) >= 11 is 1.15. The smallest absolute Gasteiger partial charge is 0.345 e. The first-order chi connectivity index (χ1) is 19.5. The van der Waals surface area contributed by atoms with Crippen LogP contribution in [0.15, 0.2) is 50.9 Å². The Kier molecular flexibility index (Phi) is 7.46. The number of aliphatic hydroxyl groups excluding tert-OH is 1. The molecular formula is C27H25N3O10S. The largest absolute Gasteiger partial charge is 0.483 e. The summed E-state index contributed by atoms with van der Waals surface area (Å²) in [6, 6.07) is 7.96. The van der Waals surface area contributed by atoms with Gasteiger partial charge in [0.25, 0.3) is 5.56 Å². The molecule has 4 aromatic rings. The van der Waals surface area contributed by atoms with Crippen LogP contribution in [0.4, 0.5) is 5.69 Å². The van der Waals surface area contributed by atoms with Gasteiger partial charge < -0.3 is 19.3 Å². The molecule has 1 unspecified atom stereocenters. The maximum Gasteiger partial charge on any atom is 0.345 e. The maximum atomic E-state index is 13.6. The van der Waals surface area contributed by atoms with E-state index < -0.39 is 75.7 Å². The molecule has 13 nitrogen and oxygen atoms in total. The van der Waals surface area contributed by atoms with Crippen molar-refractivity contribution in [2.45, 2.75) is 51.7 Å². The third kappa shape index (κ3) is 5.24. The molecule has 3 heterocycles. The first-order valence-corrected chi connectivity index (χ1v) is 13.4. The number of fused-ring (bicyclic) bond motifs is 2. The molecule has 0 radical (unpaired) electrons. The molecule has 0 saturated carbocycles. The molecule has 5 rings (SSSR count). The van der Waals surface area contributed by atoms with E-state index in [0.717, 1.165) is 15.9 Å². The summed E-state index contributed by atoms with van der Waals surface area (Å²) in [5, 5.41) is 23.2. The van der Waals surface area contributed by atoms with Gasteiger partial charge in [-0.05, 0) is 39.0 Å². The highest BCUT2D eigenvalue weighted by molar-refractivity contribution is 7.24. The van der Waals surface area contributed by atoms with Crippen LogP contribution < -0.4 is 21.4 Å². The number of aromatic nitrogens is 2. The average molecular weight is 584 g/mol. The molecule has 0 bridgehead atoms. The monoisotopic (exact) mass is 583 g/mol. The number of nitrogens with zero attached hydrogens (tertiary/aromatic N) is 2. The predicted octanol–water partition coefficient (Wildman–Crippen LogP) is 2.77. The van der Waals surface area contributed by atoms with Crippen molar-refractivity contribution in [1.82, 2.24) is 9.55 Å². The van der Waals surface area contributed by atoms with Crippen molar-refractivity contribution >= 4 is 43.2 Å². The fraction of sp³-hybridized carbons (Fsp3) is 0.333. The number of rotatable bonds is 7. The lowest BCUT2D eigenvalue weighted by atomic mass is 10.1. The quantitative estimate of drug-likeness (QED) is 0.142. The number of aryl methyl sites for hydroxylation is 1. The van der Waals surface area contributed by atoms with Gasteiger partial charge in [-0.15, -0.1) is 11.3 Å². The van der Waals surface area contributed by atoms with Crippen LogP contribution in [0.2, 0.25) is 0 Å². The SMILES string of the molecule is Cc1cn([C@H]2CC(O)[C@@H](COc3c([N+](=O)[O-])c(C(=O)OC(C)C)cc4sc5ccccc5c(=O)c34)O2)c(=O)[nH]c1=O. The van der Waals surface area contributed by atoms with Crippen molar-refractivity contribution in [3.63, 3.8) is 0 Å². The van der Waals surface area contributed by atoms with Crippen LogP contribution in [-0.4, -0.2) is 50.5 Å². The lowest BCUT2D eigenvalue weighted by Crippen LogP contribution is -2.33. The van der Waals surface area contributed by atoms with Crippen molar-refractivity contribution < 1.29 is 29.0 Å². The highest BCUT2D eigenvalue weighted by atomic mass is 32.1. The minimum Gasteiger partial charge on any atom is -0.483 e. The maximum absolute atomic E-state index is 13.6. The van der Waals surface area contributed by atoms with E-state index in [-0.39, 0.29) is 22.1 Å². The third-order valence-corrected chi connectivity index (χ3v) is 7.71. The summed E-state index contributed by atoms with van der Waals surface area (Å²) in [6.07, 6.45) is -2.49. The Labute approximate surface area is 234 Å². The van der Waals surface area contributed by atoms with E-state index in [9.17, 15) is 34.4 Å². The molecule has 1 aliphatic rings. The molecule has 1 aliphatic heterocycles. The van der Waals surface area contributed by atoms with Crippen LogP contribution >= 0.6 is 11.3 Å². The predicted molar refractivity (Wildman–Crippen MR) is 149 cm³/mol. The van der Waals surface area contributed by atoms with Crippen LogP contribution in [0.3, 0.4) is 0 Å². The van der Waals surface area contributed by atoms with E-state index in [4.69, 9.17) is 14.2 Å². The number of nitro benzene ring substituents is 1. The fourth-order valence-electron chi connectivity index (χ4n) is 4.67. The number of aromatic amines is 1. The van der Waals surface area contributed by atoms with E-state index in [1.54, 1.807) is 38.1 Å². The molecule has 14 heteroatoms. The number of esters is 1. The number of hydrogen-bond donors (Lipinski definition) is 2. The Bertz CT molecular complexity index is 1880. The normalized spacial score (nSPS) is 18.7. The van der Waals surface area contributed by atoms with Gasteiger partial charge in [-0.2, -0.15) is 0 Å². The zero-order valence-electron chi connectivity index (χ0n) is 22.1. The summed E-state index contributed by atoms with van der Waals surface area (Å²) in [7, 11) is 0. The highest BCUT2D eigenvalue weighted by Gasteiger charge is 2.38. The number of hydrogen-bond acceptors (Lipinski definition) is 11. The lowest BCUT2D eigenvalue weighted by molar-refractivity contribution is -0.386. The van der Waals surface area contributed by atoms with Crippen LogP contribution in [0.1, 0.15) is 42.4 Å². The van der Waals surface area contributed by atoms with Crippen molar-refractivity contribution in [1.29, 1.82) is 0 Å². The van der Waals surface area contributed by atoms with E-state index >= 15 is 0 Å². The van der Waals surface area contributed by atoms with Gasteiger partial charge in [0.05, 0.1) is 22.5 Å². The Morgan fingerprint density at radius 3 is 2.71 bits per heavy atom. The summed E-state index contributed by atoms with van der Waals surface area (Å²) in [5.74, 6) is -1.41. The van der Waals surface area contributed by atoms with Gasteiger partial charge >= 0.3 is 17.3 Å². The second kappa shape index (κ2) is 10.9. The number of H-pyrrole nitrogens is 1. The number of carbonyl (C=O) groups is 1. The summed E-state index contributed by atoms with van der Waals surface area (Å²) in [5.41, 5.74) is -2.70. The van der Waals surface area contributed by atoms with E-state index in [1.165, 1.54) is 19.2 Å². The number of ether oxygens (including phenoxy) is 3. The van der Waals surface area contributed by atoms with Gasteiger partial charge in [-0.1, -0.05) is 12.1 Å². The van der Waals surface area contributed by atoms with Crippen LogP contribution in [0.25, 0.3) is 20.2 Å². The topological polar surface area (TPSA) is 180 Å². The van der Waals surface area contributed by atoms with Crippen molar-refractivity contribution in [3.05, 3.63) is 88.8 Å². The highest BCUT2D eigenvalue weighted by Crippen LogP contribution is 2.41. The number of nitro groups is 1. The molecular weight excluding hydrogens is 558 g/mol. The molecule has 2 aromatic carbocycles. The first kappa shape index (κ1) is 28.1. The summed E-state index contributed by atoms with van der Waals surface area (Å²) in [4.78, 5) is 64.3. The molecule has 0 spiro atoms. The van der Waals surface area contributed by atoms with Gasteiger partial charge in [0.2, 0.25) is 5.75 Å². The third-order valence-electron chi connectivity index (χ3n) is 6.60. The summed E-state index contributed by atoms with van der Waals surface area (Å²) in [6.45, 7) is 4.24. The molecule has 0 amide bonds. The Morgan fingerprint density at radius 2 is 2.00 bits per heavy atom. The van der Waals surface area contributed by atoms with Crippen LogP contribution in [-0.2, 0) is 9.47 Å². The van der Waals surface area contributed by atoms with Crippen LogP contribution in [0, 0.1) is 17.0 Å². The minimum absolute atomic E-state index is 0.0392. The van der Waals surface area contributed by atoms with E-state index in [0.29, 0.717) is 10.1 Å². The molecule has 1 fully saturated rings. The molecule has 2 aromatic heterocycles. The first-order valence-electron chi connectivity index (χ1n) is 12.6. The molecule has 2 N–H and O–H groups in total. The Hall–Kier alpha value is -4.40. The zero-order valence-corrected chi connectivity index (χ0v) is 22.9. The van der Waals surface area contributed by atoms with E-state index in [1.807, 2.05) is 0 Å². The molecule has 214 valence electrons. The number of benzene rings is 2. The van der Waals surface area contributed by atoms with Gasteiger partial charge in [-0.25, -0.2) is 9.59 Å². The molecule has 1 saturated heterocycles. The fourth-order valence-corrected chi connectivity index (χ4v) is 5.79. The zero-order chi connectivity index (χ0) is 29.6. The molecule has 3 atom stereocenters. The lowest BCUT2D eigenvalue weighted by Gasteiger charge is -2.18.